The Morgan fingerprint density at radius 1 is 1.30 bits per heavy atom. The smallest absolute Gasteiger partial charge is 0.000654 e. The molecule has 0 amide bonds. The summed E-state index contributed by atoms with van der Waals surface area (Å²) >= 11 is 0. The van der Waals surface area contributed by atoms with E-state index in [1.807, 2.05) is 0 Å². The molecule has 0 aromatic carbocycles. The Labute approximate surface area is 62.6 Å². The molecule has 1 N–H and O–H groups in total. The third-order valence-corrected chi connectivity index (χ3v) is 2.67. The Morgan fingerprint density at radius 3 is 2.50 bits per heavy atom. The molecule has 2 saturated heterocycles. The van der Waals surface area contributed by atoms with Crippen LogP contribution >= 0.6 is 0 Å². The minimum atomic E-state index is 1.00. The van der Waals surface area contributed by atoms with Crippen molar-refractivity contribution in [2.24, 2.45) is 5.92 Å². The second-order valence-corrected chi connectivity index (χ2v) is 3.51. The van der Waals surface area contributed by atoms with Gasteiger partial charge in [-0.1, -0.05) is 0 Å². The van der Waals surface area contributed by atoms with Crippen molar-refractivity contribution in [2.45, 2.75) is 12.8 Å². The fourth-order valence-corrected chi connectivity index (χ4v) is 1.52. The molecule has 2 heteroatoms. The third-order valence-electron chi connectivity index (χ3n) is 2.67. The van der Waals surface area contributed by atoms with E-state index in [4.69, 9.17) is 0 Å². The summed E-state index contributed by atoms with van der Waals surface area (Å²) in [5, 5.41) is 3.30. The van der Waals surface area contributed by atoms with Crippen LogP contribution in [0.4, 0.5) is 0 Å². The summed E-state index contributed by atoms with van der Waals surface area (Å²) in [7, 11) is 0. The van der Waals surface area contributed by atoms with Gasteiger partial charge in [-0.05, 0) is 51.5 Å². The second kappa shape index (κ2) is 2.89. The van der Waals surface area contributed by atoms with Gasteiger partial charge in [0, 0.05) is 0 Å². The molecule has 0 bridgehead atoms. The summed E-state index contributed by atoms with van der Waals surface area (Å²) in [6, 6.07) is 0. The van der Waals surface area contributed by atoms with Gasteiger partial charge in [0.15, 0.2) is 0 Å². The Hall–Kier alpha value is -0.0800. The molecule has 58 valence electrons. The van der Waals surface area contributed by atoms with E-state index in [1.165, 1.54) is 45.6 Å². The van der Waals surface area contributed by atoms with Crippen molar-refractivity contribution in [3.05, 3.63) is 0 Å². The zero-order chi connectivity index (χ0) is 6.81. The molecule has 2 rings (SSSR count). The third kappa shape index (κ3) is 1.32. The van der Waals surface area contributed by atoms with Gasteiger partial charge in [-0.15, -0.1) is 0 Å². The van der Waals surface area contributed by atoms with Crippen LogP contribution in [-0.2, 0) is 0 Å². The van der Waals surface area contributed by atoms with E-state index < -0.39 is 0 Å². The Morgan fingerprint density at radius 2 is 2.10 bits per heavy atom. The van der Waals surface area contributed by atoms with Crippen molar-refractivity contribution in [1.29, 1.82) is 0 Å². The number of rotatable bonds is 3. The minimum absolute atomic E-state index is 1.00. The lowest BCUT2D eigenvalue weighted by Crippen LogP contribution is -2.45. The maximum atomic E-state index is 3.30. The first-order valence-electron chi connectivity index (χ1n) is 4.38. The van der Waals surface area contributed by atoms with Crippen LogP contribution in [0.25, 0.3) is 0 Å². The first-order chi connectivity index (χ1) is 4.95. The zero-order valence-electron chi connectivity index (χ0n) is 6.47. The van der Waals surface area contributed by atoms with Gasteiger partial charge in [0.25, 0.3) is 0 Å². The summed E-state index contributed by atoms with van der Waals surface area (Å²) in [6.07, 6.45) is 2.86. The minimum Gasteiger partial charge on any atom is -0.316 e. The molecule has 2 nitrogen and oxygen atoms in total. The molecule has 2 aliphatic rings. The Balaban J connectivity index is 1.54. The van der Waals surface area contributed by atoms with Crippen molar-refractivity contribution in [2.75, 3.05) is 32.7 Å². The predicted molar refractivity (Wildman–Crippen MR) is 42.0 cm³/mol. The van der Waals surface area contributed by atoms with E-state index >= 15 is 0 Å². The van der Waals surface area contributed by atoms with Crippen LogP contribution in [0.1, 0.15) is 12.8 Å². The molecular weight excluding hydrogens is 124 g/mol. The Bertz CT molecular complexity index is 91.8. The van der Waals surface area contributed by atoms with Gasteiger partial charge < -0.3 is 10.2 Å². The highest BCUT2D eigenvalue weighted by molar-refractivity contribution is 4.77. The quantitative estimate of drug-likeness (QED) is 0.606. The van der Waals surface area contributed by atoms with Gasteiger partial charge in [0.1, 0.15) is 0 Å². The highest BCUT2D eigenvalue weighted by atomic mass is 15.2. The molecule has 2 aliphatic heterocycles. The maximum Gasteiger partial charge on any atom is -0.000654 e. The first-order valence-corrected chi connectivity index (χ1v) is 4.38. The summed E-state index contributed by atoms with van der Waals surface area (Å²) in [6.45, 7) is 6.62. The summed E-state index contributed by atoms with van der Waals surface area (Å²) in [5.74, 6) is 1.00. The van der Waals surface area contributed by atoms with E-state index in [1.54, 1.807) is 0 Å². The molecular formula is C8H16N2. The van der Waals surface area contributed by atoms with Gasteiger partial charge in [-0.3, -0.25) is 0 Å². The largest absolute Gasteiger partial charge is 0.316 e. The first kappa shape index (κ1) is 6.62. The van der Waals surface area contributed by atoms with Crippen molar-refractivity contribution in [3.63, 3.8) is 0 Å². The SMILES string of the molecule is C1CN(CCC2CNC2)C1. The monoisotopic (exact) mass is 140 g/mol. The number of hydrogen-bond acceptors (Lipinski definition) is 2. The molecule has 0 aromatic rings. The lowest BCUT2D eigenvalue weighted by atomic mass is 9.98. The van der Waals surface area contributed by atoms with Crippen LogP contribution in [0.15, 0.2) is 0 Å². The molecule has 0 aromatic heterocycles. The standard InChI is InChI=1S/C8H16N2/c1-3-10(4-1)5-2-8-6-9-7-8/h8-9H,1-7H2. The van der Waals surface area contributed by atoms with E-state index in [9.17, 15) is 0 Å². The van der Waals surface area contributed by atoms with Crippen molar-refractivity contribution in [1.82, 2.24) is 10.2 Å². The molecule has 2 fully saturated rings. The van der Waals surface area contributed by atoms with Crippen LogP contribution < -0.4 is 5.32 Å². The molecule has 2 heterocycles. The van der Waals surface area contributed by atoms with Crippen LogP contribution in [0.3, 0.4) is 0 Å². The van der Waals surface area contributed by atoms with E-state index in [0.29, 0.717) is 0 Å². The van der Waals surface area contributed by atoms with Crippen LogP contribution in [0.5, 0.6) is 0 Å². The summed E-state index contributed by atoms with van der Waals surface area (Å²) < 4.78 is 0. The topological polar surface area (TPSA) is 15.3 Å². The fourth-order valence-electron chi connectivity index (χ4n) is 1.52. The van der Waals surface area contributed by atoms with Gasteiger partial charge in [0.05, 0.1) is 0 Å². The lowest BCUT2D eigenvalue weighted by Gasteiger charge is -2.34. The number of hydrogen-bond donors (Lipinski definition) is 1. The van der Waals surface area contributed by atoms with Crippen molar-refractivity contribution in [3.8, 4) is 0 Å². The highest BCUT2D eigenvalue weighted by Gasteiger charge is 2.19. The second-order valence-electron chi connectivity index (χ2n) is 3.51. The average Bonchev–Trinajstić information content (AvgIpc) is 1.70. The molecule has 0 aliphatic carbocycles. The summed E-state index contributed by atoms with van der Waals surface area (Å²) in [5.41, 5.74) is 0. The lowest BCUT2D eigenvalue weighted by molar-refractivity contribution is 0.158. The van der Waals surface area contributed by atoms with E-state index in [2.05, 4.69) is 10.2 Å². The number of nitrogens with zero attached hydrogens (tertiary/aromatic N) is 1. The van der Waals surface area contributed by atoms with Gasteiger partial charge >= 0.3 is 0 Å². The maximum absolute atomic E-state index is 3.30. The fraction of sp³-hybridized carbons (Fsp3) is 1.00. The highest BCUT2D eigenvalue weighted by Crippen LogP contribution is 2.12. The van der Waals surface area contributed by atoms with Crippen LogP contribution in [0.2, 0.25) is 0 Å². The van der Waals surface area contributed by atoms with Crippen molar-refractivity contribution >= 4 is 0 Å². The van der Waals surface area contributed by atoms with Gasteiger partial charge in [-0.2, -0.15) is 0 Å². The van der Waals surface area contributed by atoms with Crippen LogP contribution in [-0.4, -0.2) is 37.6 Å². The molecule has 0 unspecified atom stereocenters. The predicted octanol–water partition coefficient (Wildman–Crippen LogP) is 0.302. The van der Waals surface area contributed by atoms with Gasteiger partial charge in [-0.25, -0.2) is 0 Å². The normalized spacial score (nSPS) is 27.6. The zero-order valence-corrected chi connectivity index (χ0v) is 6.47. The van der Waals surface area contributed by atoms with E-state index in [0.717, 1.165) is 5.92 Å². The van der Waals surface area contributed by atoms with E-state index in [-0.39, 0.29) is 0 Å². The summed E-state index contributed by atoms with van der Waals surface area (Å²) in [4.78, 5) is 2.55. The molecule has 0 spiro atoms. The molecule has 0 radical (unpaired) electrons. The molecule has 10 heavy (non-hydrogen) atoms. The van der Waals surface area contributed by atoms with Gasteiger partial charge in [0.2, 0.25) is 0 Å². The number of nitrogens with one attached hydrogen (secondary N) is 1. The van der Waals surface area contributed by atoms with Crippen molar-refractivity contribution < 1.29 is 0 Å². The molecule has 0 saturated carbocycles. The average molecular weight is 140 g/mol. The molecule has 0 atom stereocenters. The van der Waals surface area contributed by atoms with Crippen LogP contribution in [0, 0.1) is 5.92 Å². The number of likely N-dealkylation sites (tertiary alicyclic amines) is 1. The Kier molecular flexibility index (Phi) is 1.91.